The first kappa shape index (κ1) is 21.8. The van der Waals surface area contributed by atoms with Crippen molar-refractivity contribution in [1.82, 2.24) is 0 Å². The number of nitriles is 1. The van der Waals surface area contributed by atoms with Gasteiger partial charge in [-0.3, -0.25) is 4.79 Å². The van der Waals surface area contributed by atoms with Crippen LogP contribution in [0, 0.1) is 29.9 Å². The smallest absolute Gasteiger partial charge is 0.419 e. The molecule has 3 aromatic carbocycles. The molecule has 0 radical (unpaired) electrons. The maximum absolute atomic E-state index is 14.8. The van der Waals surface area contributed by atoms with Crippen LogP contribution < -0.4 is 10.1 Å². The minimum Gasteiger partial charge on any atom is -0.456 e. The fourth-order valence-corrected chi connectivity index (χ4v) is 2.78. The predicted octanol–water partition coefficient (Wildman–Crippen LogP) is 6.21. The van der Waals surface area contributed by atoms with Crippen LogP contribution in [0.25, 0.3) is 0 Å². The average Bonchev–Trinajstić information content (AvgIpc) is 2.69. The number of ether oxygens (including phenoxy) is 1. The van der Waals surface area contributed by atoms with E-state index in [1.807, 2.05) is 6.07 Å². The first-order chi connectivity index (χ1) is 14.6. The van der Waals surface area contributed by atoms with Crippen molar-refractivity contribution in [2.45, 2.75) is 13.1 Å². The predicted molar refractivity (Wildman–Crippen MR) is 102 cm³/mol. The Bertz CT molecular complexity index is 1200. The van der Waals surface area contributed by atoms with Crippen molar-refractivity contribution in [1.29, 1.82) is 5.26 Å². The molecule has 1 N–H and O–H groups in total. The van der Waals surface area contributed by atoms with Crippen molar-refractivity contribution in [2.75, 3.05) is 5.32 Å². The number of halogens is 5. The van der Waals surface area contributed by atoms with Gasteiger partial charge in [-0.25, -0.2) is 8.78 Å². The fraction of sp³-hybridized carbons (Fsp3) is 0.0909. The van der Waals surface area contributed by atoms with Gasteiger partial charge in [0.05, 0.1) is 17.2 Å². The summed E-state index contributed by atoms with van der Waals surface area (Å²) >= 11 is 0. The molecule has 31 heavy (non-hydrogen) atoms. The van der Waals surface area contributed by atoms with Gasteiger partial charge in [-0.15, -0.1) is 0 Å². The van der Waals surface area contributed by atoms with Gasteiger partial charge in [0.25, 0.3) is 5.91 Å². The van der Waals surface area contributed by atoms with Gasteiger partial charge in [0.1, 0.15) is 22.9 Å². The molecule has 0 atom stereocenters. The Hall–Kier alpha value is -3.93. The Morgan fingerprint density at radius 3 is 2.39 bits per heavy atom. The SMILES string of the molecule is Cc1cc(F)ccc1Oc1ccc(C(F)(F)F)c(F)c1C(=O)Nc1cccc(C#N)c1. The summed E-state index contributed by atoms with van der Waals surface area (Å²) in [6.45, 7) is 1.48. The number of rotatable bonds is 4. The number of carbonyl (C=O) groups is 1. The summed E-state index contributed by atoms with van der Waals surface area (Å²) in [5.41, 5.74) is -2.09. The maximum Gasteiger partial charge on any atom is 0.419 e. The van der Waals surface area contributed by atoms with E-state index in [-0.39, 0.29) is 22.6 Å². The number of benzene rings is 3. The molecule has 0 aliphatic carbocycles. The molecule has 9 heteroatoms. The molecular weight excluding hydrogens is 419 g/mol. The zero-order valence-corrected chi connectivity index (χ0v) is 15.8. The van der Waals surface area contributed by atoms with Crippen molar-refractivity contribution in [3.8, 4) is 17.6 Å². The third kappa shape index (κ3) is 4.80. The van der Waals surface area contributed by atoms with Crippen LogP contribution in [-0.2, 0) is 6.18 Å². The minimum absolute atomic E-state index is 0.0288. The second kappa shape index (κ2) is 8.44. The van der Waals surface area contributed by atoms with Gasteiger partial charge in [-0.1, -0.05) is 6.07 Å². The molecule has 0 spiro atoms. The molecule has 0 fully saturated rings. The van der Waals surface area contributed by atoms with E-state index in [0.29, 0.717) is 6.07 Å². The van der Waals surface area contributed by atoms with E-state index >= 15 is 0 Å². The highest BCUT2D eigenvalue weighted by Gasteiger charge is 2.37. The van der Waals surface area contributed by atoms with Gasteiger partial charge in [-0.05, 0) is 61.0 Å². The third-order valence-electron chi connectivity index (χ3n) is 4.24. The van der Waals surface area contributed by atoms with Crippen molar-refractivity contribution >= 4 is 11.6 Å². The Balaban J connectivity index is 2.08. The number of aryl methyl sites for hydroxylation is 1. The Morgan fingerprint density at radius 1 is 1.03 bits per heavy atom. The van der Waals surface area contributed by atoms with E-state index < -0.39 is 40.6 Å². The van der Waals surface area contributed by atoms with Gasteiger partial charge >= 0.3 is 6.18 Å². The van der Waals surface area contributed by atoms with E-state index in [2.05, 4.69) is 5.32 Å². The van der Waals surface area contributed by atoms with Crippen LogP contribution in [0.2, 0.25) is 0 Å². The molecule has 0 unspecified atom stereocenters. The number of hydrogen-bond donors (Lipinski definition) is 1. The molecule has 0 heterocycles. The lowest BCUT2D eigenvalue weighted by Crippen LogP contribution is -2.19. The van der Waals surface area contributed by atoms with Crippen LogP contribution >= 0.6 is 0 Å². The van der Waals surface area contributed by atoms with Gasteiger partial charge in [0.15, 0.2) is 5.82 Å². The van der Waals surface area contributed by atoms with Crippen LogP contribution in [0.4, 0.5) is 27.6 Å². The number of nitrogens with one attached hydrogen (secondary N) is 1. The molecule has 4 nitrogen and oxygen atoms in total. The van der Waals surface area contributed by atoms with Gasteiger partial charge in [0, 0.05) is 5.69 Å². The zero-order valence-electron chi connectivity index (χ0n) is 15.8. The number of carbonyl (C=O) groups excluding carboxylic acids is 1. The maximum atomic E-state index is 14.8. The molecule has 0 aromatic heterocycles. The van der Waals surface area contributed by atoms with Gasteiger partial charge in [0.2, 0.25) is 0 Å². The molecular formula is C22H13F5N2O2. The molecule has 0 saturated carbocycles. The van der Waals surface area contributed by atoms with E-state index in [9.17, 15) is 26.7 Å². The Kier molecular flexibility index (Phi) is 5.92. The van der Waals surface area contributed by atoms with E-state index in [1.165, 1.54) is 37.3 Å². The average molecular weight is 432 g/mol. The number of alkyl halides is 3. The molecule has 0 saturated heterocycles. The fourth-order valence-electron chi connectivity index (χ4n) is 2.78. The van der Waals surface area contributed by atoms with Crippen LogP contribution in [0.1, 0.15) is 27.0 Å². The largest absolute Gasteiger partial charge is 0.456 e. The normalized spacial score (nSPS) is 11.0. The van der Waals surface area contributed by atoms with Crippen LogP contribution in [0.15, 0.2) is 54.6 Å². The minimum atomic E-state index is -5.05. The molecule has 0 aliphatic heterocycles. The van der Waals surface area contributed by atoms with E-state index in [4.69, 9.17) is 10.00 Å². The second-order valence-electron chi connectivity index (χ2n) is 6.46. The highest BCUT2D eigenvalue weighted by atomic mass is 19.4. The molecule has 158 valence electrons. The lowest BCUT2D eigenvalue weighted by Gasteiger charge is -2.17. The van der Waals surface area contributed by atoms with Crippen molar-refractivity contribution in [3.05, 3.63) is 88.5 Å². The summed E-state index contributed by atoms with van der Waals surface area (Å²) in [6, 6.07) is 12.0. The molecule has 0 bridgehead atoms. The third-order valence-corrected chi connectivity index (χ3v) is 4.24. The highest BCUT2D eigenvalue weighted by Crippen LogP contribution is 2.38. The summed E-state index contributed by atoms with van der Waals surface area (Å²) < 4.78 is 73.2. The molecule has 3 rings (SSSR count). The number of anilines is 1. The summed E-state index contributed by atoms with van der Waals surface area (Å²) in [5, 5.41) is 11.2. The lowest BCUT2D eigenvalue weighted by molar-refractivity contribution is -0.140. The summed E-state index contributed by atoms with van der Waals surface area (Å²) in [6.07, 6.45) is -5.05. The first-order valence-electron chi connectivity index (χ1n) is 8.75. The number of nitrogens with zero attached hydrogens (tertiary/aromatic N) is 1. The number of amides is 1. The second-order valence-corrected chi connectivity index (χ2v) is 6.46. The van der Waals surface area contributed by atoms with Crippen molar-refractivity contribution < 1.29 is 31.5 Å². The zero-order chi connectivity index (χ0) is 22.8. The van der Waals surface area contributed by atoms with Crippen LogP contribution in [0.3, 0.4) is 0 Å². The van der Waals surface area contributed by atoms with Crippen molar-refractivity contribution in [3.63, 3.8) is 0 Å². The molecule has 3 aromatic rings. The standard InChI is InChI=1S/C22H13F5N2O2/c1-12-9-14(23)5-7-17(12)31-18-8-6-16(22(25,26)27)20(24)19(18)21(30)29-15-4-2-3-13(10-15)11-28/h2-10H,1H3,(H,29,30). The van der Waals surface area contributed by atoms with Crippen LogP contribution in [0.5, 0.6) is 11.5 Å². The van der Waals surface area contributed by atoms with Gasteiger partial charge in [-0.2, -0.15) is 18.4 Å². The van der Waals surface area contributed by atoms with E-state index in [0.717, 1.165) is 18.2 Å². The highest BCUT2D eigenvalue weighted by molar-refractivity contribution is 6.06. The number of hydrogen-bond acceptors (Lipinski definition) is 3. The first-order valence-corrected chi connectivity index (χ1v) is 8.75. The molecule has 0 aliphatic rings. The monoisotopic (exact) mass is 432 g/mol. The summed E-state index contributed by atoms with van der Waals surface area (Å²) in [4.78, 5) is 12.7. The van der Waals surface area contributed by atoms with Crippen LogP contribution in [-0.4, -0.2) is 5.91 Å². The van der Waals surface area contributed by atoms with Gasteiger partial charge < -0.3 is 10.1 Å². The molecule has 1 amide bonds. The Morgan fingerprint density at radius 2 is 1.74 bits per heavy atom. The van der Waals surface area contributed by atoms with E-state index in [1.54, 1.807) is 0 Å². The summed E-state index contributed by atoms with van der Waals surface area (Å²) in [5.74, 6) is -4.07. The quantitative estimate of drug-likeness (QED) is 0.499. The lowest BCUT2D eigenvalue weighted by atomic mass is 10.1. The Labute approximate surface area is 173 Å². The summed E-state index contributed by atoms with van der Waals surface area (Å²) in [7, 11) is 0. The van der Waals surface area contributed by atoms with Crippen molar-refractivity contribution in [2.24, 2.45) is 0 Å². The topological polar surface area (TPSA) is 62.1 Å².